The molecule has 1 fully saturated rings. The Hall–Kier alpha value is -0.380. The maximum absolute atomic E-state index is 3.50. The molecule has 0 aromatic heterocycles. The first-order chi connectivity index (χ1) is 8.68. The molecule has 1 aliphatic heterocycles. The standard InChI is InChI=1S/C15H23BrN2/c1-12(13-5-7-14(16)8-6-13)18(2)15-4-3-10-17-11-9-15/h5-8,12,15,17H,3-4,9-11H2,1-2H3. The second-order valence-electron chi connectivity index (χ2n) is 5.23. The van der Waals surface area contributed by atoms with Gasteiger partial charge in [-0.25, -0.2) is 0 Å². The van der Waals surface area contributed by atoms with Gasteiger partial charge in [-0.15, -0.1) is 0 Å². The highest BCUT2D eigenvalue weighted by atomic mass is 79.9. The number of nitrogens with zero attached hydrogens (tertiary/aromatic N) is 1. The molecule has 0 amide bonds. The topological polar surface area (TPSA) is 15.3 Å². The number of nitrogens with one attached hydrogen (secondary N) is 1. The van der Waals surface area contributed by atoms with E-state index >= 15 is 0 Å². The van der Waals surface area contributed by atoms with Crippen molar-refractivity contribution in [3.05, 3.63) is 34.3 Å². The molecule has 2 rings (SSSR count). The minimum atomic E-state index is 0.487. The van der Waals surface area contributed by atoms with Crippen molar-refractivity contribution in [2.24, 2.45) is 0 Å². The zero-order chi connectivity index (χ0) is 13.0. The summed E-state index contributed by atoms with van der Waals surface area (Å²) < 4.78 is 1.15. The molecular formula is C15H23BrN2. The molecule has 18 heavy (non-hydrogen) atoms. The van der Waals surface area contributed by atoms with Crippen LogP contribution in [0.4, 0.5) is 0 Å². The van der Waals surface area contributed by atoms with Crippen molar-refractivity contribution < 1.29 is 0 Å². The highest BCUT2D eigenvalue weighted by Gasteiger charge is 2.21. The lowest BCUT2D eigenvalue weighted by molar-refractivity contribution is 0.171. The van der Waals surface area contributed by atoms with E-state index in [0.29, 0.717) is 12.1 Å². The van der Waals surface area contributed by atoms with Crippen LogP contribution in [0.15, 0.2) is 28.7 Å². The smallest absolute Gasteiger partial charge is 0.0319 e. The van der Waals surface area contributed by atoms with Gasteiger partial charge in [0.2, 0.25) is 0 Å². The Labute approximate surface area is 119 Å². The molecule has 1 aromatic carbocycles. The van der Waals surface area contributed by atoms with E-state index in [0.717, 1.165) is 11.0 Å². The Kier molecular flexibility index (Phi) is 5.22. The fourth-order valence-corrected chi connectivity index (χ4v) is 2.96. The number of hydrogen-bond donors (Lipinski definition) is 1. The molecule has 0 saturated carbocycles. The molecule has 1 aromatic rings. The van der Waals surface area contributed by atoms with Crippen LogP contribution in [0, 0.1) is 0 Å². The normalized spacial score (nSPS) is 22.8. The Bertz CT molecular complexity index is 355. The molecule has 1 heterocycles. The van der Waals surface area contributed by atoms with E-state index in [1.165, 1.54) is 31.4 Å². The van der Waals surface area contributed by atoms with Gasteiger partial charge in [-0.05, 0) is 64.0 Å². The van der Waals surface area contributed by atoms with Gasteiger partial charge in [0, 0.05) is 16.6 Å². The predicted molar refractivity (Wildman–Crippen MR) is 80.8 cm³/mol. The van der Waals surface area contributed by atoms with Crippen LogP contribution in [-0.4, -0.2) is 31.1 Å². The number of hydrogen-bond acceptors (Lipinski definition) is 2. The molecule has 0 bridgehead atoms. The van der Waals surface area contributed by atoms with Crippen LogP contribution < -0.4 is 5.32 Å². The maximum Gasteiger partial charge on any atom is 0.0319 e. The molecule has 1 N–H and O–H groups in total. The Morgan fingerprint density at radius 3 is 2.67 bits per heavy atom. The van der Waals surface area contributed by atoms with Gasteiger partial charge in [0.1, 0.15) is 0 Å². The monoisotopic (exact) mass is 310 g/mol. The van der Waals surface area contributed by atoms with Crippen molar-refractivity contribution in [1.29, 1.82) is 0 Å². The Balaban J connectivity index is 2.02. The van der Waals surface area contributed by atoms with Crippen molar-refractivity contribution in [3.63, 3.8) is 0 Å². The highest BCUT2D eigenvalue weighted by Crippen LogP contribution is 2.25. The third-order valence-corrected chi connectivity index (χ3v) is 4.61. The van der Waals surface area contributed by atoms with Gasteiger partial charge in [-0.3, -0.25) is 4.90 Å². The third kappa shape index (κ3) is 3.56. The predicted octanol–water partition coefficient (Wildman–Crippen LogP) is 3.58. The molecule has 1 aliphatic rings. The summed E-state index contributed by atoms with van der Waals surface area (Å²) in [7, 11) is 2.27. The molecule has 3 heteroatoms. The van der Waals surface area contributed by atoms with Gasteiger partial charge in [-0.2, -0.15) is 0 Å². The molecule has 2 unspecified atom stereocenters. The van der Waals surface area contributed by atoms with E-state index in [1.807, 2.05) is 0 Å². The van der Waals surface area contributed by atoms with E-state index in [-0.39, 0.29) is 0 Å². The van der Waals surface area contributed by atoms with Crippen LogP contribution in [0.3, 0.4) is 0 Å². The quantitative estimate of drug-likeness (QED) is 0.918. The lowest BCUT2D eigenvalue weighted by Gasteiger charge is -2.32. The van der Waals surface area contributed by atoms with Crippen LogP contribution in [0.1, 0.15) is 37.8 Å². The SMILES string of the molecule is CC(c1ccc(Br)cc1)N(C)C1CCCNCC1. The number of rotatable bonds is 3. The molecule has 0 aliphatic carbocycles. The molecule has 0 spiro atoms. The zero-order valence-electron chi connectivity index (χ0n) is 11.3. The van der Waals surface area contributed by atoms with Crippen LogP contribution in [0.2, 0.25) is 0 Å². The van der Waals surface area contributed by atoms with Crippen molar-refractivity contribution in [3.8, 4) is 0 Å². The van der Waals surface area contributed by atoms with Gasteiger partial charge in [0.25, 0.3) is 0 Å². The van der Waals surface area contributed by atoms with Crippen LogP contribution >= 0.6 is 15.9 Å². The first-order valence-electron chi connectivity index (χ1n) is 6.86. The maximum atomic E-state index is 3.50. The van der Waals surface area contributed by atoms with Crippen LogP contribution in [-0.2, 0) is 0 Å². The first-order valence-corrected chi connectivity index (χ1v) is 7.66. The average molecular weight is 311 g/mol. The average Bonchev–Trinajstić information content (AvgIpc) is 2.67. The lowest BCUT2D eigenvalue weighted by Crippen LogP contribution is -2.34. The Morgan fingerprint density at radius 1 is 1.22 bits per heavy atom. The summed E-state index contributed by atoms with van der Waals surface area (Å²) in [6.07, 6.45) is 3.86. The minimum Gasteiger partial charge on any atom is -0.317 e. The van der Waals surface area contributed by atoms with Crippen LogP contribution in [0.5, 0.6) is 0 Å². The number of benzene rings is 1. The van der Waals surface area contributed by atoms with Crippen molar-refractivity contribution in [2.45, 2.75) is 38.3 Å². The van der Waals surface area contributed by atoms with Crippen molar-refractivity contribution >= 4 is 15.9 Å². The fraction of sp³-hybridized carbons (Fsp3) is 0.600. The summed E-state index contributed by atoms with van der Waals surface area (Å²) in [5.41, 5.74) is 1.40. The van der Waals surface area contributed by atoms with Gasteiger partial charge < -0.3 is 5.32 Å². The molecule has 1 saturated heterocycles. The Morgan fingerprint density at radius 2 is 1.94 bits per heavy atom. The third-order valence-electron chi connectivity index (χ3n) is 4.08. The second kappa shape index (κ2) is 6.69. The fourth-order valence-electron chi connectivity index (χ4n) is 2.70. The molecule has 0 radical (unpaired) electrons. The lowest BCUT2D eigenvalue weighted by atomic mass is 10.0. The first kappa shape index (κ1) is 14.0. The van der Waals surface area contributed by atoms with Crippen LogP contribution in [0.25, 0.3) is 0 Å². The van der Waals surface area contributed by atoms with Crippen molar-refractivity contribution in [1.82, 2.24) is 10.2 Å². The number of halogens is 1. The summed E-state index contributed by atoms with van der Waals surface area (Å²) in [4.78, 5) is 2.54. The largest absolute Gasteiger partial charge is 0.317 e. The summed E-state index contributed by atoms with van der Waals surface area (Å²) in [5.74, 6) is 0. The zero-order valence-corrected chi connectivity index (χ0v) is 12.9. The summed E-state index contributed by atoms with van der Waals surface area (Å²) in [6, 6.07) is 9.91. The van der Waals surface area contributed by atoms with E-state index in [2.05, 4.69) is 64.4 Å². The minimum absolute atomic E-state index is 0.487. The summed E-state index contributed by atoms with van der Waals surface area (Å²) in [6.45, 7) is 4.64. The van der Waals surface area contributed by atoms with Gasteiger partial charge in [0.15, 0.2) is 0 Å². The second-order valence-corrected chi connectivity index (χ2v) is 6.14. The molecular weight excluding hydrogens is 288 g/mol. The van der Waals surface area contributed by atoms with Gasteiger partial charge in [0.05, 0.1) is 0 Å². The van der Waals surface area contributed by atoms with E-state index < -0.39 is 0 Å². The van der Waals surface area contributed by atoms with Gasteiger partial charge in [-0.1, -0.05) is 28.1 Å². The van der Waals surface area contributed by atoms with Gasteiger partial charge >= 0.3 is 0 Å². The van der Waals surface area contributed by atoms with E-state index in [4.69, 9.17) is 0 Å². The van der Waals surface area contributed by atoms with E-state index in [1.54, 1.807) is 0 Å². The summed E-state index contributed by atoms with van der Waals surface area (Å²) >= 11 is 3.50. The molecule has 100 valence electrons. The molecule has 2 atom stereocenters. The molecule has 2 nitrogen and oxygen atoms in total. The summed E-state index contributed by atoms with van der Waals surface area (Å²) in [5, 5.41) is 3.49. The van der Waals surface area contributed by atoms with Crippen molar-refractivity contribution in [2.75, 3.05) is 20.1 Å². The van der Waals surface area contributed by atoms with E-state index in [9.17, 15) is 0 Å². The highest BCUT2D eigenvalue weighted by molar-refractivity contribution is 9.10.